The zero-order chi connectivity index (χ0) is 16.2. The molecule has 1 unspecified atom stereocenters. The van der Waals surface area contributed by atoms with E-state index in [0.717, 1.165) is 10.7 Å². The van der Waals surface area contributed by atoms with E-state index in [1.807, 2.05) is 18.4 Å². The van der Waals surface area contributed by atoms with Crippen molar-refractivity contribution in [2.24, 2.45) is 0 Å². The molecule has 0 aliphatic carbocycles. The predicted molar refractivity (Wildman–Crippen MR) is 86.9 cm³/mol. The second-order valence-electron chi connectivity index (χ2n) is 5.81. The second-order valence-corrected chi connectivity index (χ2v) is 6.99. The van der Waals surface area contributed by atoms with Crippen LogP contribution in [0.2, 0.25) is 0 Å². The van der Waals surface area contributed by atoms with Gasteiger partial charge in [0.15, 0.2) is 0 Å². The van der Waals surface area contributed by atoms with E-state index in [0.29, 0.717) is 5.89 Å². The molecule has 1 aliphatic rings. The quantitative estimate of drug-likeness (QED) is 0.805. The number of hydrogen-bond acceptors (Lipinski definition) is 7. The van der Waals surface area contributed by atoms with E-state index in [2.05, 4.69) is 41.1 Å². The van der Waals surface area contributed by atoms with E-state index >= 15 is 0 Å². The largest absolute Gasteiger partial charge is 0.468 e. The standard InChI is InChI=1S/C15H21N3O3S/c1-15(2,3)11-8-16-12(21-11)6-5-10-7-17-14(22-10)18-9-13(19)20-4/h5-8,14,17-18H,9H2,1-4H3/b6-5+. The third-order valence-electron chi connectivity index (χ3n) is 2.94. The maximum Gasteiger partial charge on any atom is 0.319 e. The molecule has 0 amide bonds. The number of nitrogens with zero attached hydrogens (tertiary/aromatic N) is 1. The molecule has 1 aromatic rings. The van der Waals surface area contributed by atoms with Crippen LogP contribution in [0.1, 0.15) is 32.4 Å². The summed E-state index contributed by atoms with van der Waals surface area (Å²) in [4.78, 5) is 16.3. The first kappa shape index (κ1) is 16.6. The van der Waals surface area contributed by atoms with Crippen molar-refractivity contribution < 1.29 is 13.9 Å². The minimum Gasteiger partial charge on any atom is -0.468 e. The van der Waals surface area contributed by atoms with E-state index < -0.39 is 0 Å². The number of thioether (sulfide) groups is 1. The molecule has 2 N–H and O–H groups in total. The van der Waals surface area contributed by atoms with Crippen molar-refractivity contribution in [3.8, 4) is 0 Å². The van der Waals surface area contributed by atoms with Gasteiger partial charge in [0.25, 0.3) is 0 Å². The fourth-order valence-electron chi connectivity index (χ4n) is 1.66. The van der Waals surface area contributed by atoms with Crippen LogP contribution in [0.25, 0.3) is 6.08 Å². The highest BCUT2D eigenvalue weighted by atomic mass is 32.2. The van der Waals surface area contributed by atoms with Gasteiger partial charge in [-0.05, 0) is 6.08 Å². The van der Waals surface area contributed by atoms with Crippen LogP contribution in [-0.2, 0) is 14.9 Å². The van der Waals surface area contributed by atoms with Crippen LogP contribution in [-0.4, -0.2) is 30.1 Å². The van der Waals surface area contributed by atoms with Crippen molar-refractivity contribution in [3.63, 3.8) is 0 Å². The molecule has 1 aromatic heterocycles. The van der Waals surface area contributed by atoms with Gasteiger partial charge in [0.2, 0.25) is 5.89 Å². The van der Waals surface area contributed by atoms with Crippen molar-refractivity contribution in [1.29, 1.82) is 0 Å². The van der Waals surface area contributed by atoms with Crippen molar-refractivity contribution in [3.05, 3.63) is 35.0 Å². The normalized spacial score (nSPS) is 18.4. The minimum atomic E-state index is -0.291. The van der Waals surface area contributed by atoms with Crippen molar-refractivity contribution >= 4 is 23.8 Å². The lowest BCUT2D eigenvalue weighted by molar-refractivity contribution is -0.139. The smallest absolute Gasteiger partial charge is 0.319 e. The molecule has 2 rings (SSSR count). The predicted octanol–water partition coefficient (Wildman–Crippen LogP) is 2.21. The zero-order valence-corrected chi connectivity index (χ0v) is 14.0. The topological polar surface area (TPSA) is 76.4 Å². The molecule has 0 saturated carbocycles. The summed E-state index contributed by atoms with van der Waals surface area (Å²) in [6, 6.07) is 0. The third kappa shape index (κ3) is 4.64. The first-order chi connectivity index (χ1) is 10.4. The van der Waals surface area contributed by atoms with Crippen LogP contribution in [0, 0.1) is 0 Å². The highest BCUT2D eigenvalue weighted by molar-refractivity contribution is 8.04. The maximum absolute atomic E-state index is 11.1. The van der Waals surface area contributed by atoms with E-state index in [-0.39, 0.29) is 23.4 Å². The van der Waals surface area contributed by atoms with Crippen LogP contribution in [0.5, 0.6) is 0 Å². The summed E-state index contributed by atoms with van der Waals surface area (Å²) < 4.78 is 10.3. The Bertz CT molecular complexity index is 587. The molecule has 6 nitrogen and oxygen atoms in total. The molecule has 1 atom stereocenters. The van der Waals surface area contributed by atoms with E-state index in [1.54, 1.807) is 18.0 Å². The fourth-order valence-corrected chi connectivity index (χ4v) is 2.52. The van der Waals surface area contributed by atoms with Gasteiger partial charge in [-0.15, -0.1) is 0 Å². The minimum absolute atomic E-state index is 0.0477. The molecule has 0 radical (unpaired) electrons. The maximum atomic E-state index is 11.1. The number of carbonyl (C=O) groups excluding carboxylic acids is 1. The van der Waals surface area contributed by atoms with Gasteiger partial charge >= 0.3 is 5.97 Å². The SMILES string of the molecule is COC(=O)CNC1NC=C(/C=C/c2ncc(C(C)(C)C)o2)S1. The zero-order valence-electron chi connectivity index (χ0n) is 13.2. The van der Waals surface area contributed by atoms with Crippen LogP contribution in [0.3, 0.4) is 0 Å². The third-order valence-corrected chi connectivity index (χ3v) is 4.01. The van der Waals surface area contributed by atoms with Gasteiger partial charge in [-0.3, -0.25) is 10.1 Å². The van der Waals surface area contributed by atoms with Crippen LogP contribution in [0.4, 0.5) is 0 Å². The van der Waals surface area contributed by atoms with Crippen LogP contribution in [0.15, 0.2) is 27.8 Å². The number of oxazole rings is 1. The molecule has 7 heteroatoms. The molecule has 0 bridgehead atoms. The van der Waals surface area contributed by atoms with Gasteiger partial charge in [0.05, 0.1) is 19.9 Å². The summed E-state index contributed by atoms with van der Waals surface area (Å²) in [6.45, 7) is 6.41. The average Bonchev–Trinajstić information content (AvgIpc) is 3.11. The number of esters is 1. The van der Waals surface area contributed by atoms with E-state index in [4.69, 9.17) is 4.42 Å². The number of methoxy groups -OCH3 is 1. The highest BCUT2D eigenvalue weighted by Gasteiger charge is 2.19. The van der Waals surface area contributed by atoms with Crippen LogP contribution < -0.4 is 10.6 Å². The fraction of sp³-hybridized carbons (Fsp3) is 0.467. The summed E-state index contributed by atoms with van der Waals surface area (Å²) in [5.74, 6) is 1.15. The van der Waals surface area contributed by atoms with Gasteiger partial charge in [0, 0.05) is 22.6 Å². The van der Waals surface area contributed by atoms with Crippen LogP contribution >= 0.6 is 11.8 Å². The molecule has 0 aromatic carbocycles. The number of ether oxygens (including phenoxy) is 1. The number of aromatic nitrogens is 1. The van der Waals surface area contributed by atoms with Crippen molar-refractivity contribution in [2.75, 3.05) is 13.7 Å². The lowest BCUT2D eigenvalue weighted by atomic mass is 9.94. The summed E-state index contributed by atoms with van der Waals surface area (Å²) in [5, 5.41) is 6.17. The summed E-state index contributed by atoms with van der Waals surface area (Å²) in [7, 11) is 1.37. The van der Waals surface area contributed by atoms with Gasteiger partial charge in [0.1, 0.15) is 11.3 Å². The van der Waals surface area contributed by atoms with Gasteiger partial charge < -0.3 is 14.5 Å². The molecule has 120 valence electrons. The first-order valence-corrected chi connectivity index (χ1v) is 7.84. The molecule has 1 aliphatic heterocycles. The molecule has 0 saturated heterocycles. The molecule has 0 spiro atoms. The number of allylic oxidation sites excluding steroid dienone is 1. The first-order valence-electron chi connectivity index (χ1n) is 6.96. The van der Waals surface area contributed by atoms with Gasteiger partial charge in [-0.25, -0.2) is 4.98 Å². The number of nitrogens with one attached hydrogen (secondary N) is 2. The number of carbonyl (C=O) groups is 1. The Morgan fingerprint density at radius 3 is 2.95 bits per heavy atom. The Labute approximate surface area is 134 Å². The van der Waals surface area contributed by atoms with E-state index in [9.17, 15) is 4.79 Å². The monoisotopic (exact) mass is 323 g/mol. The highest BCUT2D eigenvalue weighted by Crippen LogP contribution is 2.27. The van der Waals surface area contributed by atoms with Gasteiger partial charge in [-0.2, -0.15) is 0 Å². The second kappa shape index (κ2) is 7.02. The van der Waals surface area contributed by atoms with E-state index in [1.165, 1.54) is 7.11 Å². The molecule has 2 heterocycles. The Balaban J connectivity index is 1.84. The molecule has 0 fully saturated rings. The molecule has 22 heavy (non-hydrogen) atoms. The Morgan fingerprint density at radius 2 is 2.32 bits per heavy atom. The van der Waals surface area contributed by atoms with Crippen molar-refractivity contribution in [2.45, 2.75) is 31.7 Å². The Hall–Kier alpha value is -1.73. The summed E-state index contributed by atoms with van der Waals surface area (Å²) >= 11 is 1.57. The summed E-state index contributed by atoms with van der Waals surface area (Å²) in [5.41, 5.74) is -0.0984. The molecular weight excluding hydrogens is 302 g/mol. The Kier molecular flexibility index (Phi) is 5.31. The van der Waals surface area contributed by atoms with Gasteiger partial charge in [-0.1, -0.05) is 32.5 Å². The lowest BCUT2D eigenvalue weighted by Crippen LogP contribution is -2.37. The number of hydrogen-bond donors (Lipinski definition) is 2. The summed E-state index contributed by atoms with van der Waals surface area (Å²) in [6.07, 6.45) is 7.40. The average molecular weight is 323 g/mol. The van der Waals surface area contributed by atoms with Crippen molar-refractivity contribution in [1.82, 2.24) is 15.6 Å². The molecular formula is C15H21N3O3S. The Morgan fingerprint density at radius 1 is 1.55 bits per heavy atom. The number of rotatable bonds is 5. The lowest BCUT2D eigenvalue weighted by Gasteiger charge is -2.12.